The number of amides is 1. The molecule has 18 nitrogen and oxygen atoms in total. The van der Waals surface area contributed by atoms with Crippen LogP contribution < -0.4 is 14.9 Å². The first-order valence-corrected chi connectivity index (χ1v) is 14.1. The number of hydrogen-bond donors (Lipinski definition) is 1. The van der Waals surface area contributed by atoms with Gasteiger partial charge in [-0.3, -0.25) is 39.3 Å². The van der Waals surface area contributed by atoms with Gasteiger partial charge in [-0.05, 0) is 12.1 Å². The Hall–Kier alpha value is -2.91. The number of esters is 1. The van der Waals surface area contributed by atoms with Crippen LogP contribution in [0.1, 0.15) is 0 Å². The summed E-state index contributed by atoms with van der Waals surface area (Å²) >= 11 is 0. The number of non-ortho nitro benzene ring substituents is 1. The van der Waals surface area contributed by atoms with Gasteiger partial charge in [-0.2, -0.15) is 0 Å². The van der Waals surface area contributed by atoms with Crippen LogP contribution in [0.25, 0.3) is 0 Å². The monoisotopic (exact) mass is 796 g/mol. The fourth-order valence-electron chi connectivity index (χ4n) is 4.51. The third-order valence-corrected chi connectivity index (χ3v) is 6.87. The minimum Gasteiger partial charge on any atom is -0.549 e. The molecule has 0 unspecified atom stereocenters. The summed E-state index contributed by atoms with van der Waals surface area (Å²) in [6.07, 6.45) is 0. The Morgan fingerprint density at radius 1 is 0.804 bits per heavy atom. The Morgan fingerprint density at radius 3 is 1.63 bits per heavy atom. The van der Waals surface area contributed by atoms with E-state index >= 15 is 0 Å². The number of nitro benzene ring substituents is 1. The van der Waals surface area contributed by atoms with E-state index in [1.807, 2.05) is 0 Å². The number of aliphatic carboxylic acids is 3. The van der Waals surface area contributed by atoms with Gasteiger partial charge in [-0.1, -0.05) is 0 Å². The van der Waals surface area contributed by atoms with Gasteiger partial charge in [0.1, 0.15) is 12.3 Å². The number of carboxylic acids is 3. The smallest absolute Gasteiger partial charge is 0.549 e. The molecular weight excluding hydrogens is 758 g/mol. The predicted octanol–water partition coefficient (Wildman–Crippen LogP) is -4.22. The average molecular weight is 796 g/mol. The van der Waals surface area contributed by atoms with Crippen molar-refractivity contribution in [3.8, 4) is 5.75 Å². The summed E-state index contributed by atoms with van der Waals surface area (Å²) in [4.78, 5) is 78.1. The van der Waals surface area contributed by atoms with E-state index in [0.717, 1.165) is 0 Å². The minimum absolute atomic E-state index is 0. The van der Waals surface area contributed by atoms with E-state index in [-0.39, 0.29) is 130 Å². The van der Waals surface area contributed by atoms with E-state index in [4.69, 9.17) is 9.47 Å². The second-order valence-electron chi connectivity index (χ2n) is 10.3. The minimum atomic E-state index is -1.33. The second-order valence-corrected chi connectivity index (χ2v) is 10.3. The van der Waals surface area contributed by atoms with Crippen molar-refractivity contribution in [3.05, 3.63) is 34.4 Å². The molecule has 1 radical (unpaired) electrons. The molecule has 255 valence electrons. The number of carbonyl (C=O) groups excluding carboxylic acids is 4. The summed E-state index contributed by atoms with van der Waals surface area (Å²) in [5.74, 6) is -4.96. The van der Waals surface area contributed by atoms with Gasteiger partial charge in [-0.25, -0.2) is 4.79 Å². The van der Waals surface area contributed by atoms with Gasteiger partial charge < -0.3 is 39.3 Å². The third kappa shape index (κ3) is 16.6. The summed E-state index contributed by atoms with van der Waals surface area (Å²) < 4.78 is 10.3. The van der Waals surface area contributed by atoms with Crippen molar-refractivity contribution in [2.24, 2.45) is 0 Å². The molecule has 1 saturated heterocycles. The Bertz CT molecular complexity index is 1140. The number of ether oxygens (including phenoxy) is 2. The first-order valence-electron chi connectivity index (χ1n) is 14.1. The van der Waals surface area contributed by atoms with Gasteiger partial charge in [0, 0.05) is 91.2 Å². The molecule has 0 spiro atoms. The van der Waals surface area contributed by atoms with E-state index < -0.39 is 54.3 Å². The van der Waals surface area contributed by atoms with Crippen LogP contribution >= 0.6 is 0 Å². The molecule has 1 aromatic carbocycles. The topological polar surface area (TPSA) is 229 Å². The SMILES string of the molecule is COCCN(CC(=O)Oc1ccc([N+](=O)[O-])cc1)C(=O)CN1CCN(CC(=O)[O-])CCN(CC(=O)[O-])CCN(CC(=O)O)CC1.[Gd+3]. The summed E-state index contributed by atoms with van der Waals surface area (Å²) in [5.41, 5.74) is -0.187. The first-order chi connectivity index (χ1) is 21.4. The molecule has 19 heteroatoms. The Kier molecular flexibility index (Phi) is 19.5. The number of rotatable bonds is 15. The molecule has 1 amide bonds. The van der Waals surface area contributed by atoms with Crippen molar-refractivity contribution >= 4 is 35.5 Å². The van der Waals surface area contributed by atoms with E-state index in [9.17, 15) is 49.4 Å². The van der Waals surface area contributed by atoms with Crippen molar-refractivity contribution in [1.29, 1.82) is 0 Å². The molecule has 1 aliphatic heterocycles. The van der Waals surface area contributed by atoms with Crippen LogP contribution in [0.2, 0.25) is 0 Å². The molecule has 1 aromatic rings. The molecule has 0 atom stereocenters. The summed E-state index contributed by atoms with van der Waals surface area (Å²) in [7, 11) is 1.42. The summed E-state index contributed by atoms with van der Waals surface area (Å²) in [6.45, 7) is -0.239. The molecule has 46 heavy (non-hydrogen) atoms. The van der Waals surface area contributed by atoms with Gasteiger partial charge in [0.25, 0.3) is 5.69 Å². The number of nitrogens with zero attached hydrogens (tertiary/aromatic N) is 6. The molecule has 0 aromatic heterocycles. The first kappa shape index (κ1) is 41.1. The zero-order chi connectivity index (χ0) is 33.4. The number of hydrogen-bond acceptors (Lipinski definition) is 15. The zero-order valence-electron chi connectivity index (χ0n) is 25.4. The van der Waals surface area contributed by atoms with E-state index in [1.165, 1.54) is 36.3 Å². The van der Waals surface area contributed by atoms with Crippen molar-refractivity contribution in [3.63, 3.8) is 0 Å². The van der Waals surface area contributed by atoms with Crippen LogP contribution in [0.3, 0.4) is 0 Å². The van der Waals surface area contributed by atoms with E-state index in [1.54, 1.807) is 19.6 Å². The van der Waals surface area contributed by atoms with Gasteiger partial charge in [0.2, 0.25) is 5.91 Å². The Morgan fingerprint density at radius 2 is 1.24 bits per heavy atom. The van der Waals surface area contributed by atoms with Gasteiger partial charge in [0.05, 0.1) is 36.6 Å². The maximum Gasteiger partial charge on any atom is 3.00 e. The normalized spacial score (nSPS) is 15.8. The largest absolute Gasteiger partial charge is 3.00 e. The molecule has 1 aliphatic rings. The van der Waals surface area contributed by atoms with Gasteiger partial charge in [-0.15, -0.1) is 0 Å². The van der Waals surface area contributed by atoms with Gasteiger partial charge >= 0.3 is 51.9 Å². The maximum atomic E-state index is 13.4. The predicted molar refractivity (Wildman–Crippen MR) is 151 cm³/mol. The molecule has 0 bridgehead atoms. The standard InChI is InChI=1S/C27H40N6O12.Gd/c1-44-15-14-32(20-27(41)45-22-4-2-21(3-5-22)33(42)43)23(34)16-28-6-8-29(17-24(35)36)10-12-31(19-26(39)40)13-11-30(9-7-28)18-25(37)38;/h2-5H,6-20H2,1H3,(H,35,36)(H,37,38)(H,39,40);/q;+3/p-2. The van der Waals surface area contributed by atoms with Crippen LogP contribution in [-0.4, -0.2) is 170 Å². The van der Waals surface area contributed by atoms with Crippen molar-refractivity contribution in [2.45, 2.75) is 0 Å². The van der Waals surface area contributed by atoms with Crippen LogP contribution in [-0.2, 0) is 28.7 Å². The number of nitro groups is 1. The van der Waals surface area contributed by atoms with Crippen molar-refractivity contribution < 1.29 is 93.6 Å². The van der Waals surface area contributed by atoms with Crippen molar-refractivity contribution in [2.75, 3.05) is 105 Å². The van der Waals surface area contributed by atoms with Crippen LogP contribution in [0, 0.1) is 50.1 Å². The van der Waals surface area contributed by atoms with Crippen LogP contribution in [0.5, 0.6) is 5.75 Å². The summed E-state index contributed by atoms with van der Waals surface area (Å²) in [5, 5.41) is 42.9. The number of benzene rings is 1. The molecule has 1 heterocycles. The Balaban J connectivity index is 0.0000106. The number of carbonyl (C=O) groups is 5. The Labute approximate surface area is 297 Å². The molecule has 0 saturated carbocycles. The quantitative estimate of drug-likeness (QED) is 0.0768. The van der Waals surface area contributed by atoms with E-state index in [2.05, 4.69) is 0 Å². The molecular formula is C27H38GdN6O12+. The average Bonchev–Trinajstić information content (AvgIpc) is 2.95. The second kappa shape index (κ2) is 21.8. The van der Waals surface area contributed by atoms with Crippen LogP contribution in [0.4, 0.5) is 5.69 Å². The number of carboxylic acid groups (broad SMARTS) is 3. The molecule has 1 N–H and O–H groups in total. The third-order valence-electron chi connectivity index (χ3n) is 6.87. The zero-order valence-corrected chi connectivity index (χ0v) is 27.7. The fourth-order valence-corrected chi connectivity index (χ4v) is 4.51. The molecule has 2 rings (SSSR count). The summed E-state index contributed by atoms with van der Waals surface area (Å²) in [6, 6.07) is 4.86. The maximum absolute atomic E-state index is 13.4. The van der Waals surface area contributed by atoms with Gasteiger partial charge in [0.15, 0.2) is 0 Å². The van der Waals surface area contributed by atoms with E-state index in [0.29, 0.717) is 0 Å². The molecule has 0 aliphatic carbocycles. The number of methoxy groups -OCH3 is 1. The molecule has 1 fully saturated rings. The van der Waals surface area contributed by atoms with Crippen molar-refractivity contribution in [1.82, 2.24) is 24.5 Å². The fraction of sp³-hybridized carbons (Fsp3) is 0.593. The van der Waals surface area contributed by atoms with Crippen LogP contribution in [0.15, 0.2) is 24.3 Å².